The molecule has 0 amide bonds. The van der Waals surface area contributed by atoms with Crippen molar-refractivity contribution in [1.29, 1.82) is 0 Å². The van der Waals surface area contributed by atoms with Gasteiger partial charge in [-0.2, -0.15) is 0 Å². The number of unbranched alkanes of at least 4 members (excludes halogenated alkanes) is 3. The van der Waals surface area contributed by atoms with Crippen LogP contribution in [-0.2, 0) is 0 Å². The first kappa shape index (κ1) is 23.7. The number of hydrogen-bond acceptors (Lipinski definition) is 1. The lowest BCUT2D eigenvalue weighted by atomic mass is 9.84. The van der Waals surface area contributed by atoms with E-state index in [1.165, 1.54) is 82.0 Å². The first-order valence-corrected chi connectivity index (χ1v) is 14.1. The Morgan fingerprint density at radius 3 is 1.71 bits per heavy atom. The highest BCUT2D eigenvalue weighted by Gasteiger charge is 2.59. The molecule has 0 heterocycles. The molecule has 3 heteroatoms. The zero-order valence-electron chi connectivity index (χ0n) is 19.2. The Hall–Kier alpha value is -0.620. The number of halogens is 1. The van der Waals surface area contributed by atoms with Crippen LogP contribution in [0.2, 0.25) is 0 Å². The summed E-state index contributed by atoms with van der Waals surface area (Å²) in [5.41, 5.74) is 3.27. The number of anilines is 1. The maximum absolute atomic E-state index is 13.7. The van der Waals surface area contributed by atoms with Crippen molar-refractivity contribution in [3.05, 3.63) is 29.1 Å². The Bertz CT molecular complexity index is 564. The van der Waals surface area contributed by atoms with Gasteiger partial charge < -0.3 is 5.32 Å². The van der Waals surface area contributed by atoms with Gasteiger partial charge in [-0.25, -0.2) is 4.39 Å². The quantitative estimate of drug-likeness (QED) is 0.324. The molecule has 28 heavy (non-hydrogen) atoms. The van der Waals surface area contributed by atoms with Crippen LogP contribution in [0.1, 0.15) is 89.7 Å². The standard InChI is InChI=1S/C25H44FNP/c1-6-9-15-28(16-10-7-2,17-11-8-3)25(13-12-14-25)20-27-24-21(4)18-23(26)19-22(24)5/h18-19,27H,6-17,20H2,1-5H3/q+1. The Balaban J connectivity index is 2.28. The fourth-order valence-corrected chi connectivity index (χ4v) is 11.8. The maximum atomic E-state index is 13.7. The normalized spacial score (nSPS) is 16.1. The fraction of sp³-hybridized carbons (Fsp3) is 0.760. The first-order chi connectivity index (χ1) is 13.4. The van der Waals surface area contributed by atoms with Crippen LogP contribution in [-0.4, -0.2) is 30.2 Å². The molecule has 0 radical (unpaired) electrons. The van der Waals surface area contributed by atoms with Crippen LogP contribution < -0.4 is 5.32 Å². The van der Waals surface area contributed by atoms with Gasteiger partial charge in [0.1, 0.15) is 5.82 Å². The predicted molar refractivity (Wildman–Crippen MR) is 127 cm³/mol. The molecule has 2 rings (SSSR count). The third-order valence-corrected chi connectivity index (χ3v) is 13.3. The minimum Gasteiger partial charge on any atom is -0.380 e. The third kappa shape index (κ3) is 5.29. The second-order valence-electron chi connectivity index (χ2n) is 9.22. The van der Waals surface area contributed by atoms with E-state index in [0.29, 0.717) is 5.16 Å². The van der Waals surface area contributed by atoms with Gasteiger partial charge in [0.15, 0.2) is 0 Å². The van der Waals surface area contributed by atoms with E-state index in [1.807, 2.05) is 13.8 Å². The van der Waals surface area contributed by atoms with E-state index >= 15 is 0 Å². The van der Waals surface area contributed by atoms with Crippen molar-refractivity contribution in [3.63, 3.8) is 0 Å². The van der Waals surface area contributed by atoms with Crippen molar-refractivity contribution in [1.82, 2.24) is 0 Å². The molecule has 1 aliphatic rings. The number of benzene rings is 1. The summed E-state index contributed by atoms with van der Waals surface area (Å²) >= 11 is 0. The van der Waals surface area contributed by atoms with Crippen LogP contribution in [0.3, 0.4) is 0 Å². The first-order valence-electron chi connectivity index (χ1n) is 11.8. The van der Waals surface area contributed by atoms with Gasteiger partial charge in [-0.15, -0.1) is 0 Å². The number of rotatable bonds is 13. The molecule has 1 aliphatic carbocycles. The summed E-state index contributed by atoms with van der Waals surface area (Å²) < 4.78 is 13.7. The molecule has 0 spiro atoms. The molecule has 1 saturated carbocycles. The van der Waals surface area contributed by atoms with E-state index in [4.69, 9.17) is 0 Å². The van der Waals surface area contributed by atoms with Crippen LogP contribution in [0.15, 0.2) is 12.1 Å². The highest BCUT2D eigenvalue weighted by atomic mass is 31.2. The summed E-state index contributed by atoms with van der Waals surface area (Å²) in [6.45, 7) is 12.2. The van der Waals surface area contributed by atoms with Crippen molar-refractivity contribution < 1.29 is 4.39 Å². The fourth-order valence-electron chi connectivity index (χ4n) is 5.28. The molecular weight excluding hydrogens is 364 g/mol. The van der Waals surface area contributed by atoms with Gasteiger partial charge in [-0.3, -0.25) is 0 Å². The smallest absolute Gasteiger partial charge is 0.123 e. The van der Waals surface area contributed by atoms with Crippen molar-refractivity contribution >= 4 is 12.9 Å². The number of nitrogens with one attached hydrogen (secondary N) is 1. The van der Waals surface area contributed by atoms with Crippen molar-refractivity contribution in [2.75, 3.05) is 30.3 Å². The SMILES string of the molecule is CCCC[P+](CCCC)(CCCC)C1(CNc2c(C)cc(F)cc2C)CCC1. The minimum absolute atomic E-state index is 0.116. The third-order valence-electron chi connectivity index (χ3n) is 7.20. The average molecular weight is 409 g/mol. The molecule has 0 aromatic heterocycles. The van der Waals surface area contributed by atoms with Gasteiger partial charge in [0.2, 0.25) is 0 Å². The molecule has 0 bridgehead atoms. The van der Waals surface area contributed by atoms with E-state index in [1.54, 1.807) is 12.1 Å². The summed E-state index contributed by atoms with van der Waals surface area (Å²) in [7, 11) is -0.994. The van der Waals surface area contributed by atoms with E-state index < -0.39 is 7.26 Å². The molecule has 1 aromatic carbocycles. The molecular formula is C25H44FNP+. The van der Waals surface area contributed by atoms with E-state index in [0.717, 1.165) is 17.7 Å². The molecule has 0 atom stereocenters. The van der Waals surface area contributed by atoms with Gasteiger partial charge in [0.05, 0.1) is 30.2 Å². The van der Waals surface area contributed by atoms with Gasteiger partial charge >= 0.3 is 0 Å². The van der Waals surface area contributed by atoms with Crippen LogP contribution >= 0.6 is 7.26 Å². The lowest BCUT2D eigenvalue weighted by molar-refractivity contribution is 0.362. The van der Waals surface area contributed by atoms with E-state index in [-0.39, 0.29) is 5.82 Å². The summed E-state index contributed by atoms with van der Waals surface area (Å²) in [5.74, 6) is -0.116. The summed E-state index contributed by atoms with van der Waals surface area (Å²) in [6.07, 6.45) is 16.8. The Kier molecular flexibility index (Phi) is 9.26. The lowest BCUT2D eigenvalue weighted by Gasteiger charge is -2.51. The van der Waals surface area contributed by atoms with Crippen molar-refractivity contribution in [2.24, 2.45) is 0 Å². The Labute approximate surface area is 174 Å². The largest absolute Gasteiger partial charge is 0.380 e. The molecule has 0 aliphatic heterocycles. The molecule has 1 aromatic rings. The van der Waals surface area contributed by atoms with Crippen molar-refractivity contribution in [3.8, 4) is 0 Å². The highest BCUT2D eigenvalue weighted by Crippen LogP contribution is 2.76. The second-order valence-corrected chi connectivity index (χ2v) is 13.8. The van der Waals surface area contributed by atoms with Crippen LogP contribution in [0.5, 0.6) is 0 Å². The number of hydrogen-bond donors (Lipinski definition) is 1. The topological polar surface area (TPSA) is 12.0 Å². The van der Waals surface area contributed by atoms with Crippen LogP contribution in [0.25, 0.3) is 0 Å². The predicted octanol–water partition coefficient (Wildman–Crippen LogP) is 8.20. The monoisotopic (exact) mass is 408 g/mol. The Morgan fingerprint density at radius 1 is 0.893 bits per heavy atom. The van der Waals surface area contributed by atoms with Crippen molar-refractivity contribution in [2.45, 2.75) is 97.6 Å². The van der Waals surface area contributed by atoms with Gasteiger partial charge in [0.25, 0.3) is 0 Å². The molecule has 0 saturated heterocycles. The molecule has 1 fully saturated rings. The number of aryl methyl sites for hydroxylation is 2. The zero-order chi connectivity index (χ0) is 20.6. The van der Waals surface area contributed by atoms with Crippen LogP contribution in [0, 0.1) is 19.7 Å². The molecule has 1 N–H and O–H groups in total. The van der Waals surface area contributed by atoms with E-state index in [2.05, 4.69) is 26.1 Å². The van der Waals surface area contributed by atoms with Gasteiger partial charge in [-0.05, 0) is 75.6 Å². The van der Waals surface area contributed by atoms with Crippen LogP contribution in [0.4, 0.5) is 10.1 Å². The highest BCUT2D eigenvalue weighted by molar-refractivity contribution is 7.77. The van der Waals surface area contributed by atoms with E-state index in [9.17, 15) is 4.39 Å². The molecule has 0 unspecified atom stereocenters. The molecule has 1 nitrogen and oxygen atoms in total. The molecule has 160 valence electrons. The lowest BCUT2D eigenvalue weighted by Crippen LogP contribution is -2.48. The summed E-state index contributed by atoms with van der Waals surface area (Å²) in [5, 5.41) is 4.37. The average Bonchev–Trinajstić information content (AvgIpc) is 2.62. The minimum atomic E-state index is -0.994. The summed E-state index contributed by atoms with van der Waals surface area (Å²) in [6, 6.07) is 3.35. The Morgan fingerprint density at radius 2 is 1.36 bits per heavy atom. The second kappa shape index (κ2) is 11.0. The van der Waals surface area contributed by atoms with Gasteiger partial charge in [-0.1, -0.05) is 40.0 Å². The van der Waals surface area contributed by atoms with Gasteiger partial charge in [0, 0.05) is 12.9 Å². The maximum Gasteiger partial charge on any atom is 0.123 e. The summed E-state index contributed by atoms with van der Waals surface area (Å²) in [4.78, 5) is 0. The zero-order valence-corrected chi connectivity index (χ0v) is 20.1.